The van der Waals surface area contributed by atoms with E-state index in [0.29, 0.717) is 5.56 Å². The van der Waals surface area contributed by atoms with E-state index in [2.05, 4.69) is 33.0 Å². The molecule has 0 atom stereocenters. The number of benzene rings is 2. The summed E-state index contributed by atoms with van der Waals surface area (Å²) in [4.78, 5) is 27.3. The van der Waals surface area contributed by atoms with Gasteiger partial charge in [-0.05, 0) is 88.3 Å². The van der Waals surface area contributed by atoms with Crippen LogP contribution in [-0.4, -0.2) is 39.0 Å². The molecule has 2 aromatic rings. The highest BCUT2D eigenvalue weighted by molar-refractivity contribution is 6.04. The van der Waals surface area contributed by atoms with Gasteiger partial charge >= 0.3 is 0 Å². The van der Waals surface area contributed by atoms with E-state index < -0.39 is 0 Å². The molecule has 1 heterocycles. The number of rotatable bonds is 5. The highest BCUT2D eigenvalue weighted by atomic mass is 16.2. The molecule has 6 heteroatoms. The lowest BCUT2D eigenvalue weighted by atomic mass is 9.88. The highest BCUT2D eigenvalue weighted by Gasteiger charge is 2.21. The second kappa shape index (κ2) is 12.2. The Kier molecular flexibility index (Phi) is 9.11. The predicted molar refractivity (Wildman–Crippen MR) is 132 cm³/mol. The number of amides is 2. The fourth-order valence-electron chi connectivity index (χ4n) is 4.25. The summed E-state index contributed by atoms with van der Waals surface area (Å²) in [6.45, 7) is 2.21. The van der Waals surface area contributed by atoms with Gasteiger partial charge < -0.3 is 20.9 Å². The van der Waals surface area contributed by atoms with Crippen LogP contribution in [0.25, 0.3) is 0 Å². The molecule has 2 aromatic carbocycles. The van der Waals surface area contributed by atoms with Crippen molar-refractivity contribution >= 4 is 28.9 Å². The number of nitrogens with zero attached hydrogens (tertiary/aromatic N) is 1. The normalized spacial score (nSPS) is 16.1. The first kappa shape index (κ1) is 23.8. The fourth-order valence-corrected chi connectivity index (χ4v) is 4.25. The van der Waals surface area contributed by atoms with Crippen molar-refractivity contribution in [3.05, 3.63) is 54.1 Å². The summed E-state index contributed by atoms with van der Waals surface area (Å²) >= 11 is 0. The standard InChI is InChI=1S/C24H29N3O2.C2H7N/c28-23(18-6-2-1-3-7-18)25-20-10-8-19(9-11-20)24(29)26-21-12-14-22(15-13-21)27-16-4-5-17-27;1-3-2/h8-15,18H,1-7,16-17H2,(H,25,28)(H,26,29);3H,1-2H3. The lowest BCUT2D eigenvalue weighted by molar-refractivity contribution is -0.120. The molecule has 172 valence electrons. The molecule has 4 rings (SSSR count). The van der Waals surface area contributed by atoms with Crippen LogP contribution < -0.4 is 20.9 Å². The Balaban J connectivity index is 0.000000913. The summed E-state index contributed by atoms with van der Waals surface area (Å²) in [5, 5.41) is 8.68. The van der Waals surface area contributed by atoms with E-state index >= 15 is 0 Å². The molecular weight excluding hydrogens is 400 g/mol. The van der Waals surface area contributed by atoms with Crippen molar-refractivity contribution in [2.45, 2.75) is 44.9 Å². The summed E-state index contributed by atoms with van der Waals surface area (Å²) < 4.78 is 0. The number of nitrogens with one attached hydrogen (secondary N) is 3. The first-order chi connectivity index (χ1) is 15.6. The molecule has 0 spiro atoms. The van der Waals surface area contributed by atoms with Crippen LogP contribution in [0.2, 0.25) is 0 Å². The van der Waals surface area contributed by atoms with Gasteiger partial charge in [0.2, 0.25) is 5.91 Å². The zero-order chi connectivity index (χ0) is 22.8. The maximum Gasteiger partial charge on any atom is 0.255 e. The molecule has 32 heavy (non-hydrogen) atoms. The van der Waals surface area contributed by atoms with Crippen molar-refractivity contribution in [2.24, 2.45) is 5.92 Å². The van der Waals surface area contributed by atoms with E-state index in [0.717, 1.165) is 50.1 Å². The van der Waals surface area contributed by atoms with E-state index in [1.165, 1.54) is 24.9 Å². The second-order valence-electron chi connectivity index (χ2n) is 8.60. The second-order valence-corrected chi connectivity index (χ2v) is 8.60. The summed E-state index contributed by atoms with van der Waals surface area (Å²) in [5.74, 6) is 0.0688. The van der Waals surface area contributed by atoms with Crippen molar-refractivity contribution in [1.29, 1.82) is 0 Å². The van der Waals surface area contributed by atoms with Crippen LogP contribution in [0.15, 0.2) is 48.5 Å². The number of anilines is 3. The Morgan fingerprint density at radius 3 is 1.88 bits per heavy atom. The van der Waals surface area contributed by atoms with Crippen LogP contribution in [0.4, 0.5) is 17.1 Å². The van der Waals surface area contributed by atoms with Gasteiger partial charge in [-0.1, -0.05) is 19.3 Å². The van der Waals surface area contributed by atoms with E-state index in [4.69, 9.17) is 0 Å². The summed E-state index contributed by atoms with van der Waals surface area (Å²) in [6, 6.07) is 15.1. The third-order valence-corrected chi connectivity index (χ3v) is 5.99. The van der Waals surface area contributed by atoms with Crippen molar-refractivity contribution in [3.63, 3.8) is 0 Å². The Morgan fingerprint density at radius 1 is 0.750 bits per heavy atom. The predicted octanol–water partition coefficient (Wildman–Crippen LogP) is 4.89. The van der Waals surface area contributed by atoms with Crippen LogP contribution >= 0.6 is 0 Å². The van der Waals surface area contributed by atoms with Crippen LogP contribution in [0.1, 0.15) is 55.3 Å². The minimum atomic E-state index is -0.149. The molecule has 0 aromatic heterocycles. The summed E-state index contributed by atoms with van der Waals surface area (Å²) in [6.07, 6.45) is 7.94. The first-order valence-corrected chi connectivity index (χ1v) is 11.8. The van der Waals surface area contributed by atoms with E-state index in [1.54, 1.807) is 24.3 Å². The molecule has 1 aliphatic carbocycles. The van der Waals surface area contributed by atoms with Gasteiger partial charge in [-0.2, -0.15) is 0 Å². The molecule has 0 bridgehead atoms. The number of carbonyl (C=O) groups excluding carboxylic acids is 2. The molecule has 2 fully saturated rings. The average Bonchev–Trinajstić information content (AvgIpc) is 3.36. The number of hydrogen-bond acceptors (Lipinski definition) is 4. The van der Waals surface area contributed by atoms with Gasteiger partial charge in [0.25, 0.3) is 5.91 Å². The van der Waals surface area contributed by atoms with Gasteiger partial charge in [0.05, 0.1) is 0 Å². The van der Waals surface area contributed by atoms with Crippen LogP contribution in [-0.2, 0) is 4.79 Å². The minimum absolute atomic E-state index is 0.0972. The third kappa shape index (κ3) is 6.82. The smallest absolute Gasteiger partial charge is 0.255 e. The molecule has 1 aliphatic heterocycles. The van der Waals surface area contributed by atoms with Crippen molar-refractivity contribution in [2.75, 3.05) is 42.7 Å². The first-order valence-electron chi connectivity index (χ1n) is 11.8. The molecule has 1 saturated heterocycles. The largest absolute Gasteiger partial charge is 0.372 e. The van der Waals surface area contributed by atoms with Crippen LogP contribution in [0, 0.1) is 5.92 Å². The van der Waals surface area contributed by atoms with Gasteiger partial charge in [0, 0.05) is 41.6 Å². The molecular formula is C26H36N4O2. The quantitative estimate of drug-likeness (QED) is 0.624. The van der Waals surface area contributed by atoms with E-state index in [-0.39, 0.29) is 17.7 Å². The Bertz CT molecular complexity index is 852. The third-order valence-electron chi connectivity index (χ3n) is 5.99. The Morgan fingerprint density at radius 2 is 1.28 bits per heavy atom. The molecule has 2 amide bonds. The molecule has 3 N–H and O–H groups in total. The Hall–Kier alpha value is -2.86. The summed E-state index contributed by atoms with van der Waals surface area (Å²) in [7, 11) is 3.75. The van der Waals surface area contributed by atoms with E-state index in [9.17, 15) is 9.59 Å². The van der Waals surface area contributed by atoms with E-state index in [1.807, 2.05) is 26.2 Å². The molecule has 2 aliphatic rings. The molecule has 0 unspecified atom stereocenters. The van der Waals surface area contributed by atoms with Gasteiger partial charge in [-0.3, -0.25) is 9.59 Å². The Labute approximate surface area is 191 Å². The van der Waals surface area contributed by atoms with Crippen LogP contribution in [0.5, 0.6) is 0 Å². The van der Waals surface area contributed by atoms with Crippen molar-refractivity contribution in [3.8, 4) is 0 Å². The maximum atomic E-state index is 12.5. The SMILES string of the molecule is CNC.O=C(Nc1ccc(N2CCCC2)cc1)c1ccc(NC(=O)C2CCCCC2)cc1. The zero-order valence-corrected chi connectivity index (χ0v) is 19.3. The van der Waals surface area contributed by atoms with Crippen molar-refractivity contribution in [1.82, 2.24) is 5.32 Å². The number of carbonyl (C=O) groups is 2. The number of hydrogen-bond donors (Lipinski definition) is 3. The van der Waals surface area contributed by atoms with Gasteiger partial charge in [-0.25, -0.2) is 0 Å². The van der Waals surface area contributed by atoms with Gasteiger partial charge in [0.15, 0.2) is 0 Å². The lowest BCUT2D eigenvalue weighted by Gasteiger charge is -2.20. The van der Waals surface area contributed by atoms with Gasteiger partial charge in [0.1, 0.15) is 0 Å². The monoisotopic (exact) mass is 436 g/mol. The molecule has 6 nitrogen and oxygen atoms in total. The topological polar surface area (TPSA) is 73.5 Å². The highest BCUT2D eigenvalue weighted by Crippen LogP contribution is 2.25. The average molecular weight is 437 g/mol. The summed E-state index contributed by atoms with van der Waals surface area (Å²) in [5.41, 5.74) is 3.31. The lowest BCUT2D eigenvalue weighted by Crippen LogP contribution is -2.24. The van der Waals surface area contributed by atoms with Gasteiger partial charge in [-0.15, -0.1) is 0 Å². The fraction of sp³-hybridized carbons (Fsp3) is 0.462. The molecule has 1 saturated carbocycles. The molecule has 0 radical (unpaired) electrons. The minimum Gasteiger partial charge on any atom is -0.372 e. The maximum absolute atomic E-state index is 12.5. The van der Waals surface area contributed by atoms with Crippen molar-refractivity contribution < 1.29 is 9.59 Å². The zero-order valence-electron chi connectivity index (χ0n) is 19.3. The van der Waals surface area contributed by atoms with Crippen LogP contribution in [0.3, 0.4) is 0 Å².